The monoisotopic (exact) mass is 228 g/mol. The van der Waals surface area contributed by atoms with E-state index >= 15 is 0 Å². The van der Waals surface area contributed by atoms with Crippen LogP contribution in [0.2, 0.25) is 0 Å². The molecule has 0 amide bonds. The SMILES string of the molecule is O=C=NC(N=C=O)c1ccc[se]1. The van der Waals surface area contributed by atoms with Gasteiger partial charge in [-0.2, -0.15) is 0 Å². The molecule has 0 radical (unpaired) electrons. The van der Waals surface area contributed by atoms with Gasteiger partial charge in [-0.1, -0.05) is 0 Å². The van der Waals surface area contributed by atoms with Gasteiger partial charge < -0.3 is 0 Å². The predicted molar refractivity (Wildman–Crippen MR) is 42.4 cm³/mol. The van der Waals surface area contributed by atoms with Gasteiger partial charge in [0, 0.05) is 0 Å². The Bertz CT molecular complexity index is 316. The van der Waals surface area contributed by atoms with Gasteiger partial charge in [0.2, 0.25) is 0 Å². The van der Waals surface area contributed by atoms with Crippen molar-refractivity contribution in [3.05, 3.63) is 21.5 Å². The Balaban J connectivity index is 2.94. The van der Waals surface area contributed by atoms with Gasteiger partial charge in [-0.15, -0.1) is 0 Å². The first-order valence-electron chi connectivity index (χ1n) is 3.06. The first-order chi connectivity index (χ1) is 5.88. The molecule has 0 aromatic carbocycles. The Hall–Kier alpha value is -1.24. The predicted octanol–water partition coefficient (Wildman–Crippen LogP) is 0.414. The summed E-state index contributed by atoms with van der Waals surface area (Å²) in [5, 5.41) is 0. The molecule has 12 heavy (non-hydrogen) atoms. The molecule has 1 heterocycles. The molecule has 1 aromatic heterocycles. The molecule has 0 spiro atoms. The van der Waals surface area contributed by atoms with Crippen LogP contribution in [0.25, 0.3) is 0 Å². The molecule has 0 bridgehead atoms. The van der Waals surface area contributed by atoms with Crippen molar-refractivity contribution in [2.24, 2.45) is 9.98 Å². The zero-order valence-electron chi connectivity index (χ0n) is 5.93. The van der Waals surface area contributed by atoms with E-state index in [1.54, 1.807) is 6.07 Å². The van der Waals surface area contributed by atoms with Crippen LogP contribution in [0.3, 0.4) is 0 Å². The molecule has 0 aliphatic rings. The van der Waals surface area contributed by atoms with Crippen molar-refractivity contribution in [3.63, 3.8) is 0 Å². The van der Waals surface area contributed by atoms with Crippen molar-refractivity contribution in [2.45, 2.75) is 6.17 Å². The second kappa shape index (κ2) is 4.60. The quantitative estimate of drug-likeness (QED) is 0.426. The molecule has 0 saturated carbocycles. The van der Waals surface area contributed by atoms with Crippen molar-refractivity contribution in [2.75, 3.05) is 0 Å². The molecule has 0 fully saturated rings. The molecule has 1 rings (SSSR count). The molecule has 60 valence electrons. The van der Waals surface area contributed by atoms with E-state index in [9.17, 15) is 9.59 Å². The molecule has 0 aliphatic carbocycles. The molecular weight excluding hydrogens is 223 g/mol. The average molecular weight is 227 g/mol. The third-order valence-corrected chi connectivity index (χ3v) is 3.06. The van der Waals surface area contributed by atoms with Crippen molar-refractivity contribution >= 4 is 26.7 Å². The van der Waals surface area contributed by atoms with Crippen LogP contribution in [-0.2, 0) is 9.59 Å². The van der Waals surface area contributed by atoms with Gasteiger partial charge >= 0.3 is 73.9 Å². The number of isocyanates is 2. The van der Waals surface area contributed by atoms with Crippen molar-refractivity contribution in [1.29, 1.82) is 0 Å². The van der Waals surface area contributed by atoms with Crippen LogP contribution < -0.4 is 0 Å². The molecule has 0 saturated heterocycles. The molecule has 4 nitrogen and oxygen atoms in total. The van der Waals surface area contributed by atoms with Crippen molar-refractivity contribution in [3.8, 4) is 0 Å². The maximum atomic E-state index is 9.92. The number of hydrogen-bond acceptors (Lipinski definition) is 4. The Labute approximate surface area is 74.4 Å². The number of carbonyl (C=O) groups excluding carboxylic acids is 2. The Morgan fingerprint density at radius 3 is 2.42 bits per heavy atom. The average Bonchev–Trinajstić information content (AvgIpc) is 2.56. The minimum absolute atomic E-state index is 0.144. The number of hydrogen-bond donors (Lipinski definition) is 0. The van der Waals surface area contributed by atoms with Crippen LogP contribution in [-0.4, -0.2) is 26.7 Å². The van der Waals surface area contributed by atoms with Crippen molar-refractivity contribution < 1.29 is 9.59 Å². The third kappa shape index (κ3) is 2.12. The molecular formula is C7H4N2O2Se. The van der Waals surface area contributed by atoms with Gasteiger partial charge in [-0.3, -0.25) is 0 Å². The van der Waals surface area contributed by atoms with Crippen LogP contribution in [0.1, 0.15) is 10.6 Å². The van der Waals surface area contributed by atoms with Gasteiger partial charge in [-0.25, -0.2) is 0 Å². The number of aliphatic imine (C=N–C) groups is 2. The second-order valence-corrected chi connectivity index (χ2v) is 3.88. The molecule has 1 aromatic rings. The Kier molecular flexibility index (Phi) is 3.39. The zero-order chi connectivity index (χ0) is 8.81. The van der Waals surface area contributed by atoms with E-state index in [1.807, 2.05) is 11.0 Å². The molecule has 5 heteroatoms. The molecule has 0 atom stereocenters. The second-order valence-electron chi connectivity index (χ2n) is 1.83. The minimum atomic E-state index is -0.699. The van der Waals surface area contributed by atoms with Gasteiger partial charge in [0.05, 0.1) is 0 Å². The fraction of sp³-hybridized carbons (Fsp3) is 0.143. The van der Waals surface area contributed by atoms with Gasteiger partial charge in [0.15, 0.2) is 0 Å². The van der Waals surface area contributed by atoms with Crippen LogP contribution in [0.4, 0.5) is 0 Å². The molecule has 0 N–H and O–H groups in total. The van der Waals surface area contributed by atoms with E-state index in [2.05, 4.69) is 9.98 Å². The maximum absolute atomic E-state index is 9.92. The first kappa shape index (κ1) is 8.85. The van der Waals surface area contributed by atoms with Crippen LogP contribution in [0.15, 0.2) is 27.1 Å². The van der Waals surface area contributed by atoms with Crippen molar-refractivity contribution in [1.82, 2.24) is 0 Å². The van der Waals surface area contributed by atoms with Crippen LogP contribution in [0.5, 0.6) is 0 Å². The van der Waals surface area contributed by atoms with E-state index in [1.165, 1.54) is 12.2 Å². The topological polar surface area (TPSA) is 58.9 Å². The summed E-state index contributed by atoms with van der Waals surface area (Å²) in [6, 6.07) is 3.65. The van der Waals surface area contributed by atoms with Gasteiger partial charge in [0.1, 0.15) is 0 Å². The number of nitrogens with zero attached hydrogens (tertiary/aromatic N) is 2. The fourth-order valence-electron chi connectivity index (χ4n) is 0.694. The summed E-state index contributed by atoms with van der Waals surface area (Å²) in [7, 11) is 0. The standard InChI is InChI=1S/C7H4N2O2Se/c10-4-8-7(9-5-11)6-2-1-3-12-6/h1-3,7H. The van der Waals surface area contributed by atoms with E-state index in [0.717, 1.165) is 4.44 Å². The third-order valence-electron chi connectivity index (χ3n) is 1.15. The van der Waals surface area contributed by atoms with E-state index in [4.69, 9.17) is 0 Å². The summed E-state index contributed by atoms with van der Waals surface area (Å²) < 4.78 is 0.870. The zero-order valence-corrected chi connectivity index (χ0v) is 7.64. The van der Waals surface area contributed by atoms with E-state index < -0.39 is 6.17 Å². The molecule has 0 aliphatic heterocycles. The fourth-order valence-corrected chi connectivity index (χ4v) is 2.16. The summed E-state index contributed by atoms with van der Waals surface area (Å²) in [6.45, 7) is 0. The summed E-state index contributed by atoms with van der Waals surface area (Å²) in [5.41, 5.74) is 0. The van der Waals surface area contributed by atoms with Crippen LogP contribution in [0, 0.1) is 0 Å². The van der Waals surface area contributed by atoms with E-state index in [-0.39, 0.29) is 14.5 Å². The summed E-state index contributed by atoms with van der Waals surface area (Å²) in [5.74, 6) is 0. The number of rotatable bonds is 3. The Morgan fingerprint density at radius 2 is 2.00 bits per heavy atom. The van der Waals surface area contributed by atoms with E-state index in [0.29, 0.717) is 0 Å². The first-order valence-corrected chi connectivity index (χ1v) is 4.90. The molecule has 0 unspecified atom stereocenters. The summed E-state index contributed by atoms with van der Waals surface area (Å²) in [6.07, 6.45) is 2.05. The summed E-state index contributed by atoms with van der Waals surface area (Å²) >= 11 is 0.144. The van der Waals surface area contributed by atoms with Crippen LogP contribution >= 0.6 is 0 Å². The normalized spacial score (nSPS) is 11.0. The summed E-state index contributed by atoms with van der Waals surface area (Å²) in [4.78, 5) is 28.5. The van der Waals surface area contributed by atoms with Gasteiger partial charge in [-0.05, 0) is 0 Å². The van der Waals surface area contributed by atoms with Gasteiger partial charge in [0.25, 0.3) is 0 Å². The Morgan fingerprint density at radius 1 is 1.33 bits per heavy atom.